The molecule has 0 atom stereocenters. The predicted molar refractivity (Wildman–Crippen MR) is 76.5 cm³/mol. The zero-order chi connectivity index (χ0) is 13.0. The molecule has 2 aromatic rings. The van der Waals surface area contributed by atoms with E-state index in [1.165, 1.54) is 0 Å². The van der Waals surface area contributed by atoms with E-state index in [-0.39, 0.29) is 0 Å². The Kier molecular flexibility index (Phi) is 4.53. The van der Waals surface area contributed by atoms with Gasteiger partial charge in [-0.05, 0) is 42.0 Å². The van der Waals surface area contributed by atoms with Gasteiger partial charge in [-0.2, -0.15) is 0 Å². The van der Waals surface area contributed by atoms with E-state index in [0.717, 1.165) is 21.1 Å². The minimum atomic E-state index is 0.479. The summed E-state index contributed by atoms with van der Waals surface area (Å²) in [5.74, 6) is 0.850. The van der Waals surface area contributed by atoms with Crippen molar-refractivity contribution >= 4 is 23.4 Å². The molecule has 0 spiro atoms. The molecule has 0 aliphatic rings. The van der Waals surface area contributed by atoms with Crippen molar-refractivity contribution in [1.29, 1.82) is 0 Å². The fraction of sp³-hybridized carbons (Fsp3) is 0.143. The molecule has 2 rings (SSSR count). The molecule has 0 saturated heterocycles. The van der Waals surface area contributed by atoms with Crippen molar-refractivity contribution in [3.05, 3.63) is 53.1 Å². The van der Waals surface area contributed by atoms with Crippen LogP contribution in [0.25, 0.3) is 0 Å². The third kappa shape index (κ3) is 3.19. The highest BCUT2D eigenvalue weighted by molar-refractivity contribution is 7.99. The maximum atomic E-state index is 5.96. The van der Waals surface area contributed by atoms with Crippen LogP contribution < -0.4 is 10.5 Å². The van der Waals surface area contributed by atoms with Crippen molar-refractivity contribution in [3.8, 4) is 5.75 Å². The SMILES string of the molecule is COc1cccc(Sc2ccc(Cl)cc2CN)c1. The molecule has 0 saturated carbocycles. The van der Waals surface area contributed by atoms with E-state index in [9.17, 15) is 0 Å². The Morgan fingerprint density at radius 2 is 2.06 bits per heavy atom. The number of hydrogen-bond acceptors (Lipinski definition) is 3. The third-order valence-electron chi connectivity index (χ3n) is 2.51. The minimum absolute atomic E-state index is 0.479. The molecule has 0 radical (unpaired) electrons. The molecule has 18 heavy (non-hydrogen) atoms. The molecule has 2 N–H and O–H groups in total. The monoisotopic (exact) mass is 279 g/mol. The van der Waals surface area contributed by atoms with Gasteiger partial charge in [-0.1, -0.05) is 29.4 Å². The van der Waals surface area contributed by atoms with E-state index >= 15 is 0 Å². The van der Waals surface area contributed by atoms with Gasteiger partial charge in [0.15, 0.2) is 0 Å². The molecule has 0 amide bonds. The van der Waals surface area contributed by atoms with Gasteiger partial charge in [-0.15, -0.1) is 0 Å². The van der Waals surface area contributed by atoms with Crippen molar-refractivity contribution < 1.29 is 4.74 Å². The number of halogens is 1. The summed E-state index contributed by atoms with van der Waals surface area (Å²) in [6.07, 6.45) is 0. The van der Waals surface area contributed by atoms with Crippen molar-refractivity contribution in [2.75, 3.05) is 7.11 Å². The highest BCUT2D eigenvalue weighted by Crippen LogP contribution is 2.33. The number of nitrogens with two attached hydrogens (primary N) is 1. The lowest BCUT2D eigenvalue weighted by molar-refractivity contribution is 0.413. The van der Waals surface area contributed by atoms with E-state index in [1.54, 1.807) is 18.9 Å². The molecule has 0 aliphatic heterocycles. The Balaban J connectivity index is 2.27. The molecule has 94 valence electrons. The lowest BCUT2D eigenvalue weighted by Crippen LogP contribution is -1.98. The maximum absolute atomic E-state index is 5.96. The first-order valence-electron chi connectivity index (χ1n) is 5.53. The van der Waals surface area contributed by atoms with Gasteiger partial charge in [0.1, 0.15) is 5.75 Å². The first-order chi connectivity index (χ1) is 8.72. The average Bonchev–Trinajstić information content (AvgIpc) is 2.41. The summed E-state index contributed by atoms with van der Waals surface area (Å²) in [5.41, 5.74) is 6.78. The topological polar surface area (TPSA) is 35.2 Å². The number of ether oxygens (including phenoxy) is 1. The van der Waals surface area contributed by atoms with E-state index in [2.05, 4.69) is 0 Å². The van der Waals surface area contributed by atoms with Gasteiger partial charge < -0.3 is 10.5 Å². The number of benzene rings is 2. The molecule has 0 unspecified atom stereocenters. The molecule has 0 aromatic heterocycles. The van der Waals surface area contributed by atoms with Gasteiger partial charge in [0.2, 0.25) is 0 Å². The fourth-order valence-corrected chi connectivity index (χ4v) is 2.78. The summed E-state index contributed by atoms with van der Waals surface area (Å²) in [6, 6.07) is 13.7. The normalized spacial score (nSPS) is 10.4. The highest BCUT2D eigenvalue weighted by Gasteiger charge is 2.05. The second-order valence-electron chi connectivity index (χ2n) is 3.74. The van der Waals surface area contributed by atoms with Gasteiger partial charge in [0, 0.05) is 21.4 Å². The molecular weight excluding hydrogens is 266 g/mol. The van der Waals surface area contributed by atoms with Crippen molar-refractivity contribution in [2.45, 2.75) is 16.3 Å². The summed E-state index contributed by atoms with van der Waals surface area (Å²) in [6.45, 7) is 0.479. The van der Waals surface area contributed by atoms with E-state index in [1.807, 2.05) is 42.5 Å². The van der Waals surface area contributed by atoms with Crippen LogP contribution in [0.4, 0.5) is 0 Å². The van der Waals surface area contributed by atoms with Crippen LogP contribution in [0.15, 0.2) is 52.3 Å². The van der Waals surface area contributed by atoms with Gasteiger partial charge in [-0.3, -0.25) is 0 Å². The van der Waals surface area contributed by atoms with Crippen LogP contribution in [0, 0.1) is 0 Å². The van der Waals surface area contributed by atoms with Crippen molar-refractivity contribution in [3.63, 3.8) is 0 Å². The van der Waals surface area contributed by atoms with Gasteiger partial charge in [0.25, 0.3) is 0 Å². The van der Waals surface area contributed by atoms with Crippen LogP contribution >= 0.6 is 23.4 Å². The molecule has 0 fully saturated rings. The van der Waals surface area contributed by atoms with Crippen molar-refractivity contribution in [1.82, 2.24) is 0 Å². The Bertz CT molecular complexity index is 545. The largest absolute Gasteiger partial charge is 0.497 e. The zero-order valence-electron chi connectivity index (χ0n) is 10.0. The van der Waals surface area contributed by atoms with Crippen LogP contribution in [-0.2, 0) is 6.54 Å². The summed E-state index contributed by atoms with van der Waals surface area (Å²) in [5, 5.41) is 0.713. The first kappa shape index (κ1) is 13.3. The second-order valence-corrected chi connectivity index (χ2v) is 5.29. The maximum Gasteiger partial charge on any atom is 0.119 e. The van der Waals surface area contributed by atoms with Crippen molar-refractivity contribution in [2.24, 2.45) is 5.73 Å². The Morgan fingerprint density at radius 3 is 2.78 bits per heavy atom. The smallest absolute Gasteiger partial charge is 0.119 e. The quantitative estimate of drug-likeness (QED) is 0.920. The Labute approximate surface area is 116 Å². The van der Waals surface area contributed by atoms with E-state index in [4.69, 9.17) is 22.1 Å². The summed E-state index contributed by atoms with van der Waals surface area (Å²) >= 11 is 7.62. The minimum Gasteiger partial charge on any atom is -0.497 e. The molecule has 0 heterocycles. The van der Waals surface area contributed by atoms with Crippen LogP contribution in [0.3, 0.4) is 0 Å². The van der Waals surface area contributed by atoms with Gasteiger partial charge in [0.05, 0.1) is 7.11 Å². The van der Waals surface area contributed by atoms with E-state index < -0.39 is 0 Å². The molecule has 0 aliphatic carbocycles. The van der Waals surface area contributed by atoms with Crippen LogP contribution in [-0.4, -0.2) is 7.11 Å². The second kappa shape index (κ2) is 6.14. The first-order valence-corrected chi connectivity index (χ1v) is 6.73. The summed E-state index contributed by atoms with van der Waals surface area (Å²) in [7, 11) is 1.66. The molecule has 0 bridgehead atoms. The lowest BCUT2D eigenvalue weighted by Gasteiger charge is -2.09. The van der Waals surface area contributed by atoms with Gasteiger partial charge in [-0.25, -0.2) is 0 Å². The Hall–Kier alpha value is -1.16. The number of methoxy groups -OCH3 is 1. The lowest BCUT2D eigenvalue weighted by atomic mass is 10.2. The number of hydrogen-bond donors (Lipinski definition) is 1. The van der Waals surface area contributed by atoms with E-state index in [0.29, 0.717) is 11.6 Å². The number of rotatable bonds is 4. The highest BCUT2D eigenvalue weighted by atomic mass is 35.5. The Morgan fingerprint density at radius 1 is 1.22 bits per heavy atom. The third-order valence-corrected chi connectivity index (χ3v) is 3.85. The average molecular weight is 280 g/mol. The van der Waals surface area contributed by atoms with Crippen LogP contribution in [0.5, 0.6) is 5.75 Å². The molecular formula is C14H14ClNOS. The fourth-order valence-electron chi connectivity index (χ4n) is 1.60. The molecule has 2 aromatic carbocycles. The predicted octanol–water partition coefficient (Wildman–Crippen LogP) is 3.96. The van der Waals surface area contributed by atoms with Crippen LogP contribution in [0.1, 0.15) is 5.56 Å². The standard InChI is InChI=1S/C14H14ClNOS/c1-17-12-3-2-4-13(8-12)18-14-6-5-11(15)7-10(14)9-16/h2-8H,9,16H2,1H3. The van der Waals surface area contributed by atoms with Gasteiger partial charge >= 0.3 is 0 Å². The molecule has 4 heteroatoms. The summed E-state index contributed by atoms with van der Waals surface area (Å²) in [4.78, 5) is 2.24. The molecule has 2 nitrogen and oxygen atoms in total. The zero-order valence-corrected chi connectivity index (χ0v) is 11.6. The summed E-state index contributed by atoms with van der Waals surface area (Å²) < 4.78 is 5.21. The van der Waals surface area contributed by atoms with Crippen LogP contribution in [0.2, 0.25) is 5.02 Å².